The number of ether oxygens (including phenoxy) is 2. The number of para-hydroxylation sites is 1. The number of carbonyl (C=O) groups is 1. The molecule has 0 saturated heterocycles. The summed E-state index contributed by atoms with van der Waals surface area (Å²) in [6.07, 6.45) is 1.12. The quantitative estimate of drug-likeness (QED) is 0.662. The van der Waals surface area contributed by atoms with Crippen LogP contribution in [-0.4, -0.2) is 22.5 Å². The summed E-state index contributed by atoms with van der Waals surface area (Å²) in [6.45, 7) is 4.18. The number of benzene rings is 1. The number of aromatic nitrogens is 2. The predicted molar refractivity (Wildman–Crippen MR) is 88.9 cm³/mol. The van der Waals surface area contributed by atoms with Crippen LogP contribution in [0.3, 0.4) is 0 Å². The van der Waals surface area contributed by atoms with Gasteiger partial charge in [0.15, 0.2) is 6.10 Å². The fraction of sp³-hybridized carbons (Fsp3) is 0.235. The van der Waals surface area contributed by atoms with E-state index < -0.39 is 12.1 Å². The maximum absolute atomic E-state index is 12.3. The smallest absolute Gasteiger partial charge is 0.339 e. The van der Waals surface area contributed by atoms with Crippen molar-refractivity contribution in [2.45, 2.75) is 20.0 Å². The van der Waals surface area contributed by atoms with E-state index in [-0.39, 0.29) is 0 Å². The lowest BCUT2D eigenvalue weighted by Gasteiger charge is -2.11. The average Bonchev–Trinajstić information content (AvgIpc) is 2.99. The number of hydrogen-bond donors (Lipinski definition) is 0. The van der Waals surface area contributed by atoms with Crippen molar-refractivity contribution in [1.29, 1.82) is 0 Å². The van der Waals surface area contributed by atoms with Crippen molar-refractivity contribution in [1.82, 2.24) is 9.97 Å². The molecular weight excluding hydrogens is 312 g/mol. The predicted octanol–water partition coefficient (Wildman–Crippen LogP) is 4.01. The molecule has 0 aliphatic heterocycles. The van der Waals surface area contributed by atoms with Gasteiger partial charge < -0.3 is 9.47 Å². The third kappa shape index (κ3) is 3.48. The Bertz CT molecular complexity index is 798. The molecule has 23 heavy (non-hydrogen) atoms. The lowest BCUT2D eigenvalue weighted by molar-refractivity contribution is 0.0337. The van der Waals surface area contributed by atoms with Gasteiger partial charge in [0.2, 0.25) is 5.88 Å². The van der Waals surface area contributed by atoms with Gasteiger partial charge in [-0.25, -0.2) is 14.8 Å². The molecule has 0 fully saturated rings. The number of carbonyl (C=O) groups excluding carboxylic acids is 1. The molecule has 3 aromatic rings. The van der Waals surface area contributed by atoms with Crippen LogP contribution in [-0.2, 0) is 4.74 Å². The van der Waals surface area contributed by atoms with E-state index >= 15 is 0 Å². The molecule has 2 heterocycles. The summed E-state index contributed by atoms with van der Waals surface area (Å²) in [5, 5.41) is 0.777. The Morgan fingerprint density at radius 3 is 2.91 bits per heavy atom. The molecule has 0 amide bonds. The van der Waals surface area contributed by atoms with E-state index in [4.69, 9.17) is 9.47 Å². The number of fused-ring (bicyclic) bond motifs is 1. The van der Waals surface area contributed by atoms with Crippen molar-refractivity contribution in [2.75, 3.05) is 6.61 Å². The molecule has 5 nitrogen and oxygen atoms in total. The van der Waals surface area contributed by atoms with E-state index in [1.807, 2.05) is 38.1 Å². The van der Waals surface area contributed by atoms with Crippen molar-refractivity contribution < 1.29 is 14.3 Å². The van der Waals surface area contributed by atoms with Gasteiger partial charge in [0.1, 0.15) is 5.01 Å². The molecular formula is C17H16N2O3S. The third-order valence-electron chi connectivity index (χ3n) is 3.20. The summed E-state index contributed by atoms with van der Waals surface area (Å²) in [4.78, 5) is 20.8. The molecule has 118 valence electrons. The van der Waals surface area contributed by atoms with Crippen LogP contribution in [0, 0.1) is 0 Å². The summed E-state index contributed by atoms with van der Waals surface area (Å²) in [5.41, 5.74) is 1.33. The molecule has 0 spiro atoms. The van der Waals surface area contributed by atoms with Gasteiger partial charge in [-0.15, -0.1) is 11.3 Å². The molecule has 0 aliphatic carbocycles. The second-order valence-electron chi connectivity index (χ2n) is 4.88. The Balaban J connectivity index is 1.75. The fourth-order valence-electron chi connectivity index (χ4n) is 2.11. The monoisotopic (exact) mass is 328 g/mol. The SMILES string of the molecule is CCOc1cc(C(=O)OC(C)c2nc3ccccc3s2)ccn1. The van der Waals surface area contributed by atoms with Crippen LogP contribution in [0.4, 0.5) is 0 Å². The van der Waals surface area contributed by atoms with Crippen LogP contribution < -0.4 is 4.74 Å². The van der Waals surface area contributed by atoms with Crippen molar-refractivity contribution in [2.24, 2.45) is 0 Å². The van der Waals surface area contributed by atoms with Gasteiger partial charge >= 0.3 is 5.97 Å². The first-order valence-electron chi connectivity index (χ1n) is 7.32. The summed E-state index contributed by atoms with van der Waals surface area (Å²) in [7, 11) is 0. The largest absolute Gasteiger partial charge is 0.478 e. The molecule has 2 aromatic heterocycles. The molecule has 3 rings (SSSR count). The highest BCUT2D eigenvalue weighted by molar-refractivity contribution is 7.18. The van der Waals surface area contributed by atoms with Crippen molar-refractivity contribution in [3.63, 3.8) is 0 Å². The number of nitrogens with zero attached hydrogens (tertiary/aromatic N) is 2. The Kier molecular flexibility index (Phi) is 4.52. The molecule has 0 saturated carbocycles. The van der Waals surface area contributed by atoms with Crippen LogP contribution in [0.1, 0.15) is 35.3 Å². The number of thiazole rings is 1. The second kappa shape index (κ2) is 6.75. The van der Waals surface area contributed by atoms with Gasteiger partial charge in [-0.2, -0.15) is 0 Å². The van der Waals surface area contributed by atoms with Gasteiger partial charge in [-0.1, -0.05) is 12.1 Å². The normalized spacial score (nSPS) is 12.1. The first kappa shape index (κ1) is 15.4. The minimum absolute atomic E-state index is 0.412. The van der Waals surface area contributed by atoms with Gasteiger partial charge in [0.25, 0.3) is 0 Å². The number of esters is 1. The van der Waals surface area contributed by atoms with Crippen LogP contribution in [0.5, 0.6) is 5.88 Å². The van der Waals surface area contributed by atoms with Crippen molar-refractivity contribution in [3.8, 4) is 5.88 Å². The molecule has 1 aromatic carbocycles. The van der Waals surface area contributed by atoms with E-state index in [0.29, 0.717) is 18.1 Å². The van der Waals surface area contributed by atoms with E-state index in [1.54, 1.807) is 12.1 Å². The molecule has 0 radical (unpaired) electrons. The maximum Gasteiger partial charge on any atom is 0.339 e. The van der Waals surface area contributed by atoms with Crippen molar-refractivity contribution in [3.05, 3.63) is 53.2 Å². The summed E-state index contributed by atoms with van der Waals surface area (Å²) in [6, 6.07) is 11.0. The summed E-state index contributed by atoms with van der Waals surface area (Å²) in [5.74, 6) is -0.00491. The van der Waals surface area contributed by atoms with E-state index in [1.165, 1.54) is 17.5 Å². The highest BCUT2D eigenvalue weighted by atomic mass is 32.1. The van der Waals surface area contributed by atoms with E-state index in [2.05, 4.69) is 9.97 Å². The van der Waals surface area contributed by atoms with E-state index in [0.717, 1.165) is 15.2 Å². The second-order valence-corrected chi connectivity index (χ2v) is 5.95. The highest BCUT2D eigenvalue weighted by Crippen LogP contribution is 2.28. The molecule has 1 atom stereocenters. The van der Waals surface area contributed by atoms with Crippen LogP contribution in [0.15, 0.2) is 42.6 Å². The summed E-state index contributed by atoms with van der Waals surface area (Å²) < 4.78 is 11.9. The van der Waals surface area contributed by atoms with Crippen LogP contribution >= 0.6 is 11.3 Å². The number of hydrogen-bond acceptors (Lipinski definition) is 6. The Morgan fingerprint density at radius 2 is 2.13 bits per heavy atom. The summed E-state index contributed by atoms with van der Waals surface area (Å²) >= 11 is 1.53. The number of pyridine rings is 1. The molecule has 0 N–H and O–H groups in total. The molecule has 0 aliphatic rings. The maximum atomic E-state index is 12.3. The fourth-order valence-corrected chi connectivity index (χ4v) is 3.05. The first-order valence-corrected chi connectivity index (χ1v) is 8.14. The molecule has 0 bridgehead atoms. The van der Waals surface area contributed by atoms with Gasteiger partial charge in [-0.3, -0.25) is 0 Å². The minimum Gasteiger partial charge on any atom is -0.478 e. The molecule has 6 heteroatoms. The third-order valence-corrected chi connectivity index (χ3v) is 4.40. The zero-order valence-electron chi connectivity index (χ0n) is 12.9. The van der Waals surface area contributed by atoms with Gasteiger partial charge in [0.05, 0.1) is 22.4 Å². The van der Waals surface area contributed by atoms with Gasteiger partial charge in [-0.05, 0) is 32.0 Å². The zero-order valence-corrected chi connectivity index (χ0v) is 13.7. The highest BCUT2D eigenvalue weighted by Gasteiger charge is 2.18. The Morgan fingerprint density at radius 1 is 1.30 bits per heavy atom. The number of rotatable bonds is 5. The lowest BCUT2D eigenvalue weighted by atomic mass is 10.2. The first-order chi connectivity index (χ1) is 11.2. The zero-order chi connectivity index (χ0) is 16.2. The molecule has 1 unspecified atom stereocenters. The Hall–Kier alpha value is -2.47. The van der Waals surface area contributed by atoms with Crippen LogP contribution in [0.25, 0.3) is 10.2 Å². The Labute approximate surface area is 137 Å². The lowest BCUT2D eigenvalue weighted by Crippen LogP contribution is -2.09. The van der Waals surface area contributed by atoms with Crippen LogP contribution in [0.2, 0.25) is 0 Å². The standard InChI is InChI=1S/C17H16N2O3S/c1-3-21-15-10-12(8-9-18-15)17(20)22-11(2)16-19-13-6-4-5-7-14(13)23-16/h4-11H,3H2,1-2H3. The topological polar surface area (TPSA) is 61.3 Å². The average molecular weight is 328 g/mol. The van der Waals surface area contributed by atoms with Crippen molar-refractivity contribution >= 4 is 27.5 Å². The van der Waals surface area contributed by atoms with Gasteiger partial charge in [0, 0.05) is 12.3 Å². The minimum atomic E-state index is -0.417. The van der Waals surface area contributed by atoms with E-state index in [9.17, 15) is 4.79 Å².